The molecule has 0 amide bonds. The summed E-state index contributed by atoms with van der Waals surface area (Å²) in [6.07, 6.45) is 0. The molecule has 0 atom stereocenters. The molecule has 3 nitrogen and oxygen atoms in total. The highest BCUT2D eigenvalue weighted by Gasteiger charge is 2.19. The van der Waals surface area contributed by atoms with Gasteiger partial charge in [-0.05, 0) is 61.6 Å². The van der Waals surface area contributed by atoms with E-state index in [1.54, 1.807) is 0 Å². The molecule has 0 aliphatic heterocycles. The Labute approximate surface area is 286 Å². The standard InChI is InChI=1S/C45H27N3S/c1-2-12-31(13-3-1)43-46-44(32-21-18-29(19-22-32)34-23-20-28-10-4-5-14-33(28)26-34)48-45(47-43)38-27-40-42(37-17-9-8-16-36(37)38)41-35-15-7-6-11-30(35)24-25-39(41)49-40/h1-27H. The second kappa shape index (κ2) is 11.2. The Morgan fingerprint density at radius 1 is 0.327 bits per heavy atom. The molecule has 0 aliphatic carbocycles. The van der Waals surface area contributed by atoms with Crippen molar-refractivity contribution in [1.82, 2.24) is 15.0 Å². The maximum atomic E-state index is 5.19. The fraction of sp³-hybridized carbons (Fsp3) is 0. The molecule has 0 bridgehead atoms. The topological polar surface area (TPSA) is 38.7 Å². The van der Waals surface area contributed by atoms with Gasteiger partial charge in [-0.15, -0.1) is 11.3 Å². The third-order valence-electron chi connectivity index (χ3n) is 9.50. The summed E-state index contributed by atoms with van der Waals surface area (Å²) in [4.78, 5) is 15.4. The number of benzene rings is 8. The zero-order chi connectivity index (χ0) is 32.3. The Kier molecular flexibility index (Phi) is 6.36. The minimum absolute atomic E-state index is 0.653. The molecule has 0 saturated heterocycles. The molecule has 10 aromatic rings. The van der Waals surface area contributed by atoms with Gasteiger partial charge in [-0.1, -0.05) is 146 Å². The van der Waals surface area contributed by atoms with Crippen LogP contribution >= 0.6 is 11.3 Å². The molecule has 2 aromatic heterocycles. The van der Waals surface area contributed by atoms with Crippen LogP contribution in [0.5, 0.6) is 0 Å². The van der Waals surface area contributed by atoms with E-state index in [9.17, 15) is 0 Å². The lowest BCUT2D eigenvalue weighted by atomic mass is 9.96. The number of thiophene rings is 1. The Balaban J connectivity index is 1.17. The maximum absolute atomic E-state index is 5.19. The number of hydrogen-bond donors (Lipinski definition) is 0. The van der Waals surface area contributed by atoms with Crippen LogP contribution in [0.1, 0.15) is 0 Å². The first-order chi connectivity index (χ1) is 24.3. The van der Waals surface area contributed by atoms with Gasteiger partial charge in [0.2, 0.25) is 0 Å². The summed E-state index contributed by atoms with van der Waals surface area (Å²) < 4.78 is 2.51. The van der Waals surface area contributed by atoms with Gasteiger partial charge < -0.3 is 0 Å². The van der Waals surface area contributed by atoms with Crippen molar-refractivity contribution in [2.45, 2.75) is 0 Å². The molecule has 2 heterocycles. The minimum atomic E-state index is 0.653. The van der Waals surface area contributed by atoms with Crippen molar-refractivity contribution < 1.29 is 0 Å². The SMILES string of the molecule is c1ccc(-c2nc(-c3ccc(-c4ccc5ccccc5c4)cc3)nc(-c3cc4sc5ccc6ccccc6c5c4c4ccccc34)n2)cc1. The third-order valence-corrected chi connectivity index (χ3v) is 10.6. The van der Waals surface area contributed by atoms with Gasteiger partial charge in [-0.3, -0.25) is 0 Å². The van der Waals surface area contributed by atoms with Gasteiger partial charge in [0.15, 0.2) is 17.5 Å². The molecular weight excluding hydrogens is 615 g/mol. The van der Waals surface area contributed by atoms with Crippen LogP contribution in [0.2, 0.25) is 0 Å². The molecule has 0 fully saturated rings. The smallest absolute Gasteiger partial charge is 0.164 e. The van der Waals surface area contributed by atoms with Crippen LogP contribution in [0.4, 0.5) is 0 Å². The van der Waals surface area contributed by atoms with E-state index in [4.69, 9.17) is 15.0 Å². The summed E-state index contributed by atoms with van der Waals surface area (Å²) in [5.74, 6) is 1.98. The first kappa shape index (κ1) is 27.8. The quantitative estimate of drug-likeness (QED) is 0.192. The average molecular weight is 642 g/mol. The van der Waals surface area contributed by atoms with Gasteiger partial charge in [0.25, 0.3) is 0 Å². The van der Waals surface area contributed by atoms with Crippen LogP contribution in [0, 0.1) is 0 Å². The molecule has 0 radical (unpaired) electrons. The van der Waals surface area contributed by atoms with Crippen molar-refractivity contribution in [3.8, 4) is 45.3 Å². The zero-order valence-electron chi connectivity index (χ0n) is 26.3. The highest BCUT2D eigenvalue weighted by Crippen LogP contribution is 2.45. The van der Waals surface area contributed by atoms with E-state index >= 15 is 0 Å². The summed E-state index contributed by atoms with van der Waals surface area (Å²) >= 11 is 1.83. The minimum Gasteiger partial charge on any atom is -0.208 e. The summed E-state index contributed by atoms with van der Waals surface area (Å²) in [5, 5.41) is 9.95. The van der Waals surface area contributed by atoms with E-state index in [1.165, 1.54) is 52.7 Å². The molecular formula is C45H27N3S. The van der Waals surface area contributed by atoms with E-state index in [1.807, 2.05) is 29.5 Å². The third kappa shape index (κ3) is 4.68. The van der Waals surface area contributed by atoms with Gasteiger partial charge in [0.05, 0.1) is 0 Å². The first-order valence-corrected chi connectivity index (χ1v) is 17.3. The number of hydrogen-bond acceptors (Lipinski definition) is 4. The number of nitrogens with zero attached hydrogens (tertiary/aromatic N) is 3. The average Bonchev–Trinajstić information content (AvgIpc) is 3.57. The first-order valence-electron chi connectivity index (χ1n) is 16.4. The fourth-order valence-electron chi connectivity index (χ4n) is 7.11. The van der Waals surface area contributed by atoms with Crippen molar-refractivity contribution in [3.05, 3.63) is 164 Å². The molecule has 0 aliphatic rings. The van der Waals surface area contributed by atoms with Crippen molar-refractivity contribution in [1.29, 1.82) is 0 Å². The molecule has 0 spiro atoms. The highest BCUT2D eigenvalue weighted by molar-refractivity contribution is 7.26. The van der Waals surface area contributed by atoms with E-state index < -0.39 is 0 Å². The number of fused-ring (bicyclic) bond motifs is 8. The van der Waals surface area contributed by atoms with Crippen LogP contribution in [0.25, 0.3) is 97.8 Å². The summed E-state index contributed by atoms with van der Waals surface area (Å²) in [5.41, 5.74) is 5.25. The van der Waals surface area contributed by atoms with Crippen molar-refractivity contribution in [2.24, 2.45) is 0 Å². The molecule has 4 heteroatoms. The van der Waals surface area contributed by atoms with E-state index in [0.717, 1.165) is 27.6 Å². The summed E-state index contributed by atoms with van der Waals surface area (Å²) in [7, 11) is 0. The Morgan fingerprint density at radius 3 is 1.67 bits per heavy atom. The van der Waals surface area contributed by atoms with Crippen molar-refractivity contribution >= 4 is 63.8 Å². The maximum Gasteiger partial charge on any atom is 0.164 e. The largest absolute Gasteiger partial charge is 0.208 e. The lowest BCUT2D eigenvalue weighted by Gasteiger charge is -2.12. The highest BCUT2D eigenvalue weighted by atomic mass is 32.1. The van der Waals surface area contributed by atoms with Crippen LogP contribution < -0.4 is 0 Å². The van der Waals surface area contributed by atoms with Crippen LogP contribution in [0.15, 0.2) is 164 Å². The molecule has 0 unspecified atom stereocenters. The monoisotopic (exact) mass is 641 g/mol. The summed E-state index contributed by atoms with van der Waals surface area (Å²) in [6, 6.07) is 58.0. The van der Waals surface area contributed by atoms with Gasteiger partial charge in [0, 0.05) is 36.9 Å². The normalized spacial score (nSPS) is 11.7. The van der Waals surface area contributed by atoms with Crippen LogP contribution in [0.3, 0.4) is 0 Å². The fourth-order valence-corrected chi connectivity index (χ4v) is 8.29. The van der Waals surface area contributed by atoms with Crippen molar-refractivity contribution in [3.63, 3.8) is 0 Å². The molecule has 0 saturated carbocycles. The molecule has 10 rings (SSSR count). The van der Waals surface area contributed by atoms with Gasteiger partial charge in [-0.25, -0.2) is 15.0 Å². The lowest BCUT2D eigenvalue weighted by Crippen LogP contribution is -2.00. The van der Waals surface area contributed by atoms with Crippen LogP contribution in [-0.2, 0) is 0 Å². The second-order valence-electron chi connectivity index (χ2n) is 12.4. The van der Waals surface area contributed by atoms with Gasteiger partial charge in [-0.2, -0.15) is 0 Å². The van der Waals surface area contributed by atoms with Gasteiger partial charge in [0.1, 0.15) is 0 Å². The Hall–Kier alpha value is -6.23. The number of rotatable bonds is 4. The number of aromatic nitrogens is 3. The predicted molar refractivity (Wildman–Crippen MR) is 207 cm³/mol. The van der Waals surface area contributed by atoms with E-state index in [2.05, 4.69) is 146 Å². The lowest BCUT2D eigenvalue weighted by molar-refractivity contribution is 1.08. The molecule has 8 aromatic carbocycles. The second-order valence-corrected chi connectivity index (χ2v) is 13.5. The zero-order valence-corrected chi connectivity index (χ0v) is 27.2. The Bertz CT molecular complexity index is 2870. The molecule has 49 heavy (non-hydrogen) atoms. The predicted octanol–water partition coefficient (Wildman–Crippen LogP) is 12.4. The van der Waals surface area contributed by atoms with E-state index in [0.29, 0.717) is 17.5 Å². The van der Waals surface area contributed by atoms with E-state index in [-0.39, 0.29) is 0 Å². The Morgan fingerprint density at radius 2 is 0.878 bits per heavy atom. The summed E-state index contributed by atoms with van der Waals surface area (Å²) in [6.45, 7) is 0. The molecule has 228 valence electrons. The molecule has 0 N–H and O–H groups in total. The van der Waals surface area contributed by atoms with Crippen LogP contribution in [-0.4, -0.2) is 15.0 Å². The van der Waals surface area contributed by atoms with Crippen molar-refractivity contribution in [2.75, 3.05) is 0 Å². The van der Waals surface area contributed by atoms with Gasteiger partial charge >= 0.3 is 0 Å².